The molecule has 92 valence electrons. The Hall–Kier alpha value is -1.51. The van der Waals surface area contributed by atoms with Gasteiger partial charge in [-0.3, -0.25) is 4.90 Å². The zero-order chi connectivity index (χ0) is 12.5. The summed E-state index contributed by atoms with van der Waals surface area (Å²) < 4.78 is 0. The summed E-state index contributed by atoms with van der Waals surface area (Å²) >= 11 is 6.21. The molecule has 3 rings (SSSR count). The molecule has 0 unspecified atom stereocenters. The average molecular weight is 259 g/mol. The molecule has 0 radical (unpaired) electrons. The standard InChI is InChI=1S/C15H15ClN2/c16-14-6-3-7-15(17)13(14)10-18-8-11-4-1-2-5-12(11)9-18/h1-7H,8-10,17H2. The molecule has 0 bridgehead atoms. The van der Waals surface area contributed by atoms with E-state index in [2.05, 4.69) is 29.2 Å². The molecule has 3 heteroatoms. The lowest BCUT2D eigenvalue weighted by Crippen LogP contribution is -2.16. The normalized spacial score (nSPS) is 14.7. The fourth-order valence-corrected chi connectivity index (χ4v) is 2.72. The third-order valence-electron chi connectivity index (χ3n) is 3.44. The second-order valence-electron chi connectivity index (χ2n) is 4.72. The maximum absolute atomic E-state index is 6.21. The van der Waals surface area contributed by atoms with Crippen molar-refractivity contribution in [2.24, 2.45) is 0 Å². The van der Waals surface area contributed by atoms with Crippen molar-refractivity contribution in [3.05, 3.63) is 64.2 Å². The van der Waals surface area contributed by atoms with Crippen molar-refractivity contribution in [3.63, 3.8) is 0 Å². The summed E-state index contributed by atoms with van der Waals surface area (Å²) in [7, 11) is 0. The van der Waals surface area contributed by atoms with Gasteiger partial charge >= 0.3 is 0 Å². The Morgan fingerprint density at radius 1 is 1.00 bits per heavy atom. The lowest BCUT2D eigenvalue weighted by Gasteiger charge is -2.17. The van der Waals surface area contributed by atoms with Crippen LogP contribution in [-0.2, 0) is 19.6 Å². The summed E-state index contributed by atoms with van der Waals surface area (Å²) in [5.41, 5.74) is 10.6. The van der Waals surface area contributed by atoms with Crippen LogP contribution in [0.3, 0.4) is 0 Å². The van der Waals surface area contributed by atoms with Gasteiger partial charge in [0.25, 0.3) is 0 Å². The number of nitrogen functional groups attached to an aromatic ring is 1. The van der Waals surface area contributed by atoms with Crippen LogP contribution in [0.1, 0.15) is 16.7 Å². The molecular weight excluding hydrogens is 244 g/mol. The lowest BCUT2D eigenvalue weighted by atomic mass is 10.1. The molecule has 18 heavy (non-hydrogen) atoms. The van der Waals surface area contributed by atoms with Gasteiger partial charge in [-0.05, 0) is 23.3 Å². The number of fused-ring (bicyclic) bond motifs is 1. The van der Waals surface area contributed by atoms with E-state index in [9.17, 15) is 0 Å². The predicted molar refractivity (Wildman–Crippen MR) is 75.3 cm³/mol. The summed E-state index contributed by atoms with van der Waals surface area (Å²) in [5, 5.41) is 0.756. The van der Waals surface area contributed by atoms with Gasteiger partial charge in [0.1, 0.15) is 0 Å². The smallest absolute Gasteiger partial charge is 0.0471 e. The minimum absolute atomic E-state index is 0.756. The van der Waals surface area contributed by atoms with Gasteiger partial charge in [-0.1, -0.05) is 41.9 Å². The van der Waals surface area contributed by atoms with Crippen molar-refractivity contribution in [3.8, 4) is 0 Å². The van der Waals surface area contributed by atoms with Crippen LogP contribution in [0.15, 0.2) is 42.5 Å². The van der Waals surface area contributed by atoms with Gasteiger partial charge in [0.2, 0.25) is 0 Å². The summed E-state index contributed by atoms with van der Waals surface area (Å²) in [4.78, 5) is 2.36. The maximum Gasteiger partial charge on any atom is 0.0471 e. The quantitative estimate of drug-likeness (QED) is 0.836. The molecule has 2 aromatic rings. The molecule has 2 nitrogen and oxygen atoms in total. The number of hydrogen-bond acceptors (Lipinski definition) is 2. The Labute approximate surface area is 112 Å². The van der Waals surface area contributed by atoms with E-state index in [1.165, 1.54) is 11.1 Å². The highest BCUT2D eigenvalue weighted by molar-refractivity contribution is 6.31. The van der Waals surface area contributed by atoms with E-state index in [0.717, 1.165) is 35.9 Å². The highest BCUT2D eigenvalue weighted by Gasteiger charge is 2.19. The minimum atomic E-state index is 0.756. The highest BCUT2D eigenvalue weighted by atomic mass is 35.5. The number of nitrogens with zero attached hydrogens (tertiary/aromatic N) is 1. The number of anilines is 1. The first-order valence-electron chi connectivity index (χ1n) is 6.06. The van der Waals surface area contributed by atoms with E-state index < -0.39 is 0 Å². The Morgan fingerprint density at radius 2 is 1.67 bits per heavy atom. The fourth-order valence-electron chi connectivity index (χ4n) is 2.48. The molecule has 2 N–H and O–H groups in total. The Kier molecular flexibility index (Phi) is 2.98. The summed E-state index contributed by atoms with van der Waals surface area (Å²) in [6, 6.07) is 14.2. The third-order valence-corrected chi connectivity index (χ3v) is 3.80. The molecule has 0 amide bonds. The van der Waals surface area contributed by atoms with Crippen molar-refractivity contribution in [1.29, 1.82) is 0 Å². The second kappa shape index (κ2) is 4.63. The number of nitrogens with two attached hydrogens (primary N) is 1. The van der Waals surface area contributed by atoms with E-state index in [4.69, 9.17) is 17.3 Å². The van der Waals surface area contributed by atoms with Gasteiger partial charge in [-0.15, -0.1) is 0 Å². The van der Waals surface area contributed by atoms with Gasteiger partial charge in [-0.2, -0.15) is 0 Å². The Bertz CT molecular complexity index is 535. The maximum atomic E-state index is 6.21. The highest BCUT2D eigenvalue weighted by Crippen LogP contribution is 2.28. The number of halogens is 1. The van der Waals surface area contributed by atoms with Gasteiger partial charge in [-0.25, -0.2) is 0 Å². The number of benzene rings is 2. The van der Waals surface area contributed by atoms with Crippen LogP contribution < -0.4 is 5.73 Å². The predicted octanol–water partition coefficient (Wildman–Crippen LogP) is 3.44. The van der Waals surface area contributed by atoms with Gasteiger partial charge in [0.15, 0.2) is 0 Å². The molecule has 1 aliphatic heterocycles. The van der Waals surface area contributed by atoms with E-state index in [1.807, 2.05) is 18.2 Å². The van der Waals surface area contributed by atoms with Crippen LogP contribution in [0.5, 0.6) is 0 Å². The zero-order valence-corrected chi connectivity index (χ0v) is 10.8. The monoisotopic (exact) mass is 258 g/mol. The molecule has 2 aromatic carbocycles. The molecular formula is C15H15ClN2. The average Bonchev–Trinajstić information content (AvgIpc) is 2.76. The van der Waals surface area contributed by atoms with Crippen molar-refractivity contribution in [2.75, 3.05) is 5.73 Å². The van der Waals surface area contributed by atoms with Crippen LogP contribution in [-0.4, -0.2) is 4.90 Å². The van der Waals surface area contributed by atoms with E-state index in [-0.39, 0.29) is 0 Å². The van der Waals surface area contributed by atoms with Crippen LogP contribution in [0.25, 0.3) is 0 Å². The number of hydrogen-bond donors (Lipinski definition) is 1. The van der Waals surface area contributed by atoms with Gasteiger partial charge < -0.3 is 5.73 Å². The molecule has 0 aromatic heterocycles. The molecule has 0 spiro atoms. The van der Waals surface area contributed by atoms with Crippen molar-refractivity contribution >= 4 is 17.3 Å². The van der Waals surface area contributed by atoms with Gasteiger partial charge in [0.05, 0.1) is 0 Å². The first-order valence-corrected chi connectivity index (χ1v) is 6.44. The molecule has 0 aliphatic carbocycles. The summed E-state index contributed by atoms with van der Waals surface area (Å²) in [6.07, 6.45) is 0. The number of rotatable bonds is 2. The molecule has 1 heterocycles. The SMILES string of the molecule is Nc1cccc(Cl)c1CN1Cc2ccccc2C1. The summed E-state index contributed by atoms with van der Waals surface area (Å²) in [6.45, 7) is 2.75. The van der Waals surface area contributed by atoms with E-state index in [1.54, 1.807) is 0 Å². The molecule has 1 aliphatic rings. The molecule has 0 saturated carbocycles. The van der Waals surface area contributed by atoms with Crippen LogP contribution in [0.2, 0.25) is 5.02 Å². The van der Waals surface area contributed by atoms with Crippen molar-refractivity contribution < 1.29 is 0 Å². The molecule has 0 atom stereocenters. The van der Waals surface area contributed by atoms with Crippen LogP contribution in [0, 0.1) is 0 Å². The van der Waals surface area contributed by atoms with Crippen LogP contribution in [0.4, 0.5) is 5.69 Å². The molecule has 0 saturated heterocycles. The second-order valence-corrected chi connectivity index (χ2v) is 5.13. The van der Waals surface area contributed by atoms with Gasteiger partial charge in [0, 0.05) is 35.9 Å². The Morgan fingerprint density at radius 3 is 2.28 bits per heavy atom. The first-order chi connectivity index (χ1) is 8.74. The van der Waals surface area contributed by atoms with Crippen molar-refractivity contribution in [1.82, 2.24) is 4.90 Å². The lowest BCUT2D eigenvalue weighted by molar-refractivity contribution is 0.276. The van der Waals surface area contributed by atoms with E-state index in [0.29, 0.717) is 0 Å². The first kappa shape index (κ1) is 11.6. The van der Waals surface area contributed by atoms with E-state index >= 15 is 0 Å². The Balaban J connectivity index is 1.80. The van der Waals surface area contributed by atoms with Crippen molar-refractivity contribution in [2.45, 2.75) is 19.6 Å². The topological polar surface area (TPSA) is 29.3 Å². The zero-order valence-electron chi connectivity index (χ0n) is 10.1. The third kappa shape index (κ3) is 2.09. The fraction of sp³-hybridized carbons (Fsp3) is 0.200. The molecule has 0 fully saturated rings. The minimum Gasteiger partial charge on any atom is -0.398 e. The van der Waals surface area contributed by atoms with Crippen LogP contribution >= 0.6 is 11.6 Å². The summed E-state index contributed by atoms with van der Waals surface area (Å²) in [5.74, 6) is 0. The largest absolute Gasteiger partial charge is 0.398 e.